The number of halogens is 4. The summed E-state index contributed by atoms with van der Waals surface area (Å²) in [5.74, 6) is 3.66. The molecule has 0 spiro atoms. The maximum Gasteiger partial charge on any atom is 0.451 e. The van der Waals surface area contributed by atoms with Crippen LogP contribution in [0.25, 0.3) is 0 Å². The van der Waals surface area contributed by atoms with Crippen LogP contribution in [0.15, 0.2) is 34.4 Å². The van der Waals surface area contributed by atoms with Crippen molar-refractivity contribution in [3.8, 4) is 0 Å². The van der Waals surface area contributed by atoms with E-state index in [-0.39, 0.29) is 10.8 Å². The number of nitrogens with two attached hydrogens (primary N) is 1. The Kier molecular flexibility index (Phi) is 4.31. The molecule has 10 heteroatoms. The fraction of sp³-hybridized carbons (Fsp3) is 0.100. The minimum atomic E-state index is -4.67. The molecule has 0 aromatic carbocycles. The van der Waals surface area contributed by atoms with E-state index in [4.69, 9.17) is 17.4 Å². The van der Waals surface area contributed by atoms with Crippen LogP contribution in [0.1, 0.15) is 5.82 Å². The topological polar surface area (TPSA) is 76.7 Å². The molecule has 2 heterocycles. The monoisotopic (exact) mass is 321 g/mol. The molecule has 0 saturated carbocycles. The largest absolute Gasteiger partial charge is 0.451 e. The van der Waals surface area contributed by atoms with E-state index in [0.717, 1.165) is 11.8 Å². The van der Waals surface area contributed by atoms with Crippen LogP contribution < -0.4 is 11.3 Å². The van der Waals surface area contributed by atoms with Crippen molar-refractivity contribution in [2.45, 2.75) is 16.2 Å². The van der Waals surface area contributed by atoms with Crippen LogP contribution in [0.2, 0.25) is 5.02 Å². The third-order valence-corrected chi connectivity index (χ3v) is 3.38. The number of nitrogens with zero attached hydrogens (tertiary/aromatic N) is 3. The van der Waals surface area contributed by atoms with Crippen LogP contribution in [-0.4, -0.2) is 15.0 Å². The lowest BCUT2D eigenvalue weighted by Gasteiger charge is -2.09. The number of aromatic nitrogens is 3. The molecule has 0 bridgehead atoms. The third kappa shape index (κ3) is 3.50. The molecule has 3 N–H and O–H groups in total. The number of hydrogen-bond acceptors (Lipinski definition) is 6. The van der Waals surface area contributed by atoms with Crippen molar-refractivity contribution < 1.29 is 13.2 Å². The number of nitrogens with one attached hydrogen (secondary N) is 1. The quantitative estimate of drug-likeness (QED) is 0.514. The van der Waals surface area contributed by atoms with Gasteiger partial charge in [0, 0.05) is 12.3 Å². The number of pyridine rings is 1. The van der Waals surface area contributed by atoms with Gasteiger partial charge in [0.15, 0.2) is 0 Å². The number of hydrogen-bond donors (Lipinski definition) is 2. The molecule has 0 aliphatic carbocycles. The predicted molar refractivity (Wildman–Crippen MR) is 68.2 cm³/mol. The number of rotatable bonds is 3. The molecule has 0 saturated heterocycles. The maximum absolute atomic E-state index is 12.7. The van der Waals surface area contributed by atoms with Crippen molar-refractivity contribution in [3.05, 3.63) is 35.2 Å². The van der Waals surface area contributed by atoms with Gasteiger partial charge in [0.05, 0.1) is 5.02 Å². The summed E-state index contributed by atoms with van der Waals surface area (Å²) >= 11 is 6.77. The first-order chi connectivity index (χ1) is 9.40. The Bertz CT molecular complexity index is 622. The summed E-state index contributed by atoms with van der Waals surface area (Å²) < 4.78 is 38.0. The van der Waals surface area contributed by atoms with Gasteiger partial charge in [-0.05, 0) is 23.9 Å². The molecule has 0 radical (unpaired) electrons. The fourth-order valence-electron chi connectivity index (χ4n) is 1.22. The van der Waals surface area contributed by atoms with Crippen molar-refractivity contribution in [2.75, 3.05) is 5.43 Å². The Morgan fingerprint density at radius 2 is 2.05 bits per heavy atom. The van der Waals surface area contributed by atoms with E-state index < -0.39 is 12.0 Å². The standard InChI is InChI=1S/C10H7ClF3N5S/c11-5-2-1-3-16-8(5)20-7-4-6(19-15)17-9(18-7)10(12,13)14/h1-4H,15H2,(H,17,18,19). The van der Waals surface area contributed by atoms with Crippen molar-refractivity contribution in [3.63, 3.8) is 0 Å². The number of nitrogen functional groups attached to an aromatic ring is 1. The zero-order chi connectivity index (χ0) is 14.8. The lowest BCUT2D eigenvalue weighted by molar-refractivity contribution is -0.145. The molecule has 2 aromatic rings. The van der Waals surface area contributed by atoms with Gasteiger partial charge in [-0.15, -0.1) is 0 Å². The smallest absolute Gasteiger partial charge is 0.308 e. The summed E-state index contributed by atoms with van der Waals surface area (Å²) in [5.41, 5.74) is 2.06. The molecule has 0 aliphatic rings. The average Bonchev–Trinajstić information content (AvgIpc) is 2.40. The van der Waals surface area contributed by atoms with Gasteiger partial charge >= 0.3 is 6.18 Å². The fourth-order valence-corrected chi connectivity index (χ4v) is 2.24. The Labute approximate surface area is 120 Å². The predicted octanol–water partition coefficient (Wildman–Crippen LogP) is 2.98. The summed E-state index contributed by atoms with van der Waals surface area (Å²) in [4.78, 5) is 10.6. The minimum Gasteiger partial charge on any atom is -0.308 e. The zero-order valence-electron chi connectivity index (χ0n) is 9.65. The molecule has 5 nitrogen and oxygen atoms in total. The molecule has 20 heavy (non-hydrogen) atoms. The van der Waals surface area contributed by atoms with Gasteiger partial charge in [0.2, 0.25) is 5.82 Å². The van der Waals surface area contributed by atoms with Crippen LogP contribution in [0, 0.1) is 0 Å². The second-order valence-corrected chi connectivity index (χ2v) is 4.87. The Hall–Kier alpha value is -1.58. The number of alkyl halides is 3. The first kappa shape index (κ1) is 14.8. The molecule has 2 rings (SSSR count). The Morgan fingerprint density at radius 3 is 2.65 bits per heavy atom. The number of hydrazine groups is 1. The van der Waals surface area contributed by atoms with Crippen molar-refractivity contribution in [2.24, 2.45) is 5.84 Å². The summed E-state index contributed by atoms with van der Waals surface area (Å²) in [5, 5.41) is 0.678. The van der Waals surface area contributed by atoms with E-state index in [0.29, 0.717) is 10.0 Å². The lowest BCUT2D eigenvalue weighted by atomic mass is 10.5. The van der Waals surface area contributed by atoms with E-state index in [2.05, 4.69) is 20.4 Å². The average molecular weight is 322 g/mol. The van der Waals surface area contributed by atoms with Gasteiger partial charge < -0.3 is 5.43 Å². The van der Waals surface area contributed by atoms with E-state index in [1.54, 1.807) is 12.1 Å². The second kappa shape index (κ2) is 5.81. The lowest BCUT2D eigenvalue weighted by Crippen LogP contribution is -2.16. The van der Waals surface area contributed by atoms with E-state index in [9.17, 15) is 13.2 Å². The molecule has 0 amide bonds. The first-order valence-electron chi connectivity index (χ1n) is 5.11. The third-order valence-electron chi connectivity index (χ3n) is 2.03. The van der Waals surface area contributed by atoms with Gasteiger partial charge in [-0.3, -0.25) is 0 Å². The van der Waals surface area contributed by atoms with Crippen LogP contribution >= 0.6 is 23.4 Å². The minimum absolute atomic E-state index is 0.0286. The summed E-state index contributed by atoms with van der Waals surface area (Å²) in [6, 6.07) is 4.45. The van der Waals surface area contributed by atoms with Crippen molar-refractivity contribution >= 4 is 29.2 Å². The van der Waals surface area contributed by atoms with Gasteiger partial charge in [0.1, 0.15) is 15.9 Å². The van der Waals surface area contributed by atoms with Gasteiger partial charge in [-0.2, -0.15) is 13.2 Å². The summed E-state index contributed by atoms with van der Waals surface area (Å²) in [7, 11) is 0. The molecule has 0 unspecified atom stereocenters. The summed E-state index contributed by atoms with van der Waals surface area (Å²) in [6.45, 7) is 0. The Morgan fingerprint density at radius 1 is 1.30 bits per heavy atom. The van der Waals surface area contributed by atoms with Gasteiger partial charge in [-0.25, -0.2) is 20.8 Å². The van der Waals surface area contributed by atoms with E-state index in [1.807, 2.05) is 0 Å². The van der Waals surface area contributed by atoms with Crippen LogP contribution in [0.5, 0.6) is 0 Å². The van der Waals surface area contributed by atoms with Gasteiger partial charge in [-0.1, -0.05) is 11.6 Å². The van der Waals surface area contributed by atoms with E-state index in [1.165, 1.54) is 12.3 Å². The Balaban J connectivity index is 2.39. The van der Waals surface area contributed by atoms with Gasteiger partial charge in [0.25, 0.3) is 0 Å². The van der Waals surface area contributed by atoms with Crippen LogP contribution in [0.3, 0.4) is 0 Å². The molecular weight excluding hydrogens is 315 g/mol. The van der Waals surface area contributed by atoms with Crippen LogP contribution in [0.4, 0.5) is 19.0 Å². The second-order valence-electron chi connectivity index (χ2n) is 3.45. The zero-order valence-corrected chi connectivity index (χ0v) is 11.2. The summed E-state index contributed by atoms with van der Waals surface area (Å²) in [6.07, 6.45) is -3.20. The molecule has 106 valence electrons. The molecule has 2 aromatic heterocycles. The highest BCUT2D eigenvalue weighted by Crippen LogP contribution is 2.33. The SMILES string of the molecule is NNc1cc(Sc2ncccc2Cl)nc(C(F)(F)F)n1. The normalized spacial score (nSPS) is 11.4. The highest BCUT2D eigenvalue weighted by molar-refractivity contribution is 7.99. The molecule has 0 aliphatic heterocycles. The highest BCUT2D eigenvalue weighted by Gasteiger charge is 2.35. The highest BCUT2D eigenvalue weighted by atomic mass is 35.5. The number of anilines is 1. The molecule has 0 atom stereocenters. The van der Waals surface area contributed by atoms with Crippen molar-refractivity contribution in [1.82, 2.24) is 15.0 Å². The van der Waals surface area contributed by atoms with E-state index >= 15 is 0 Å². The molecule has 0 fully saturated rings. The maximum atomic E-state index is 12.7. The van der Waals surface area contributed by atoms with Crippen molar-refractivity contribution in [1.29, 1.82) is 0 Å². The molecular formula is C10H7ClF3N5S. The van der Waals surface area contributed by atoms with Crippen LogP contribution in [-0.2, 0) is 6.18 Å². The first-order valence-corrected chi connectivity index (χ1v) is 6.31.